The summed E-state index contributed by atoms with van der Waals surface area (Å²) in [6.45, 7) is 4.53. The van der Waals surface area contributed by atoms with Crippen LogP contribution in [0.25, 0.3) is 0 Å². The van der Waals surface area contributed by atoms with E-state index in [1.807, 2.05) is 68.4 Å². The van der Waals surface area contributed by atoms with E-state index >= 15 is 0 Å². The van der Waals surface area contributed by atoms with Crippen molar-refractivity contribution in [1.29, 1.82) is 0 Å². The Bertz CT molecular complexity index is 609. The summed E-state index contributed by atoms with van der Waals surface area (Å²) in [7, 11) is 1.65. The van der Waals surface area contributed by atoms with E-state index in [9.17, 15) is 4.79 Å². The van der Waals surface area contributed by atoms with E-state index in [0.29, 0.717) is 6.54 Å². The lowest BCUT2D eigenvalue weighted by molar-refractivity contribution is -0.123. The number of hydrogen-bond donors (Lipinski definition) is 2. The van der Waals surface area contributed by atoms with Crippen LogP contribution >= 0.6 is 0 Å². The summed E-state index contributed by atoms with van der Waals surface area (Å²) in [5, 5.41) is 6.32. The van der Waals surface area contributed by atoms with Crippen LogP contribution in [0.2, 0.25) is 0 Å². The van der Waals surface area contributed by atoms with Crippen molar-refractivity contribution in [1.82, 2.24) is 10.6 Å². The molecule has 23 heavy (non-hydrogen) atoms. The summed E-state index contributed by atoms with van der Waals surface area (Å²) in [6.07, 6.45) is 0. The Morgan fingerprint density at radius 1 is 1.04 bits per heavy atom. The Balaban J connectivity index is 2.09. The lowest BCUT2D eigenvalue weighted by Gasteiger charge is -2.20. The Morgan fingerprint density at radius 2 is 1.70 bits per heavy atom. The number of hydrogen-bond acceptors (Lipinski definition) is 3. The Hall–Kier alpha value is -2.33. The maximum atomic E-state index is 12.5. The molecule has 0 aliphatic rings. The topological polar surface area (TPSA) is 50.4 Å². The first-order chi connectivity index (χ1) is 11.1. The molecule has 0 spiro atoms. The average molecular weight is 312 g/mol. The second-order valence-electron chi connectivity index (χ2n) is 5.74. The molecular weight excluding hydrogens is 288 g/mol. The second-order valence-corrected chi connectivity index (χ2v) is 5.74. The molecule has 0 saturated heterocycles. The normalized spacial score (nSPS) is 12.0. The van der Waals surface area contributed by atoms with E-state index in [0.717, 1.165) is 16.9 Å². The summed E-state index contributed by atoms with van der Waals surface area (Å²) >= 11 is 0. The van der Waals surface area contributed by atoms with Crippen LogP contribution in [0, 0.1) is 0 Å². The van der Waals surface area contributed by atoms with Crippen molar-refractivity contribution < 1.29 is 9.53 Å². The van der Waals surface area contributed by atoms with E-state index in [2.05, 4.69) is 10.6 Å². The third-order valence-electron chi connectivity index (χ3n) is 3.50. The van der Waals surface area contributed by atoms with Gasteiger partial charge in [0.1, 0.15) is 11.8 Å². The van der Waals surface area contributed by atoms with E-state index in [1.54, 1.807) is 7.11 Å². The highest BCUT2D eigenvalue weighted by Crippen LogP contribution is 2.16. The van der Waals surface area contributed by atoms with Crippen molar-refractivity contribution >= 4 is 5.91 Å². The zero-order valence-electron chi connectivity index (χ0n) is 13.9. The van der Waals surface area contributed by atoms with Gasteiger partial charge in [-0.25, -0.2) is 0 Å². The van der Waals surface area contributed by atoms with Crippen molar-refractivity contribution in [3.05, 3.63) is 65.7 Å². The summed E-state index contributed by atoms with van der Waals surface area (Å²) in [5.74, 6) is 0.811. The molecular formula is C19H24N2O2. The molecule has 0 bridgehead atoms. The summed E-state index contributed by atoms with van der Waals surface area (Å²) in [6, 6.07) is 17.3. The lowest BCUT2D eigenvalue weighted by Crippen LogP contribution is -2.40. The van der Waals surface area contributed by atoms with Gasteiger partial charge < -0.3 is 10.1 Å². The van der Waals surface area contributed by atoms with E-state index in [1.165, 1.54) is 0 Å². The molecule has 2 aromatic rings. The predicted molar refractivity (Wildman–Crippen MR) is 92.3 cm³/mol. The van der Waals surface area contributed by atoms with E-state index in [-0.39, 0.29) is 18.0 Å². The van der Waals surface area contributed by atoms with Crippen molar-refractivity contribution in [2.24, 2.45) is 0 Å². The maximum Gasteiger partial charge on any atom is 0.241 e. The molecule has 1 amide bonds. The highest BCUT2D eigenvalue weighted by Gasteiger charge is 2.20. The number of carbonyl (C=O) groups excluding carboxylic acids is 1. The number of rotatable bonds is 7. The minimum absolute atomic E-state index is 0.0142. The molecule has 0 aromatic heterocycles. The van der Waals surface area contributed by atoms with Crippen molar-refractivity contribution in [3.63, 3.8) is 0 Å². The fourth-order valence-electron chi connectivity index (χ4n) is 2.34. The summed E-state index contributed by atoms with van der Waals surface area (Å²) < 4.78 is 5.16. The van der Waals surface area contributed by atoms with Gasteiger partial charge in [0.15, 0.2) is 0 Å². The molecule has 1 atom stereocenters. The number of methoxy groups -OCH3 is 1. The van der Waals surface area contributed by atoms with Crippen molar-refractivity contribution in [2.45, 2.75) is 32.5 Å². The summed E-state index contributed by atoms with van der Waals surface area (Å²) in [5.41, 5.74) is 2.06. The van der Waals surface area contributed by atoms with Crippen LogP contribution in [-0.2, 0) is 11.3 Å². The minimum atomic E-state index is -0.374. The molecule has 0 fully saturated rings. The number of carbonyl (C=O) groups is 1. The highest BCUT2D eigenvalue weighted by molar-refractivity contribution is 5.83. The molecule has 0 aliphatic carbocycles. The van der Waals surface area contributed by atoms with Gasteiger partial charge in [0.2, 0.25) is 5.91 Å². The molecule has 0 saturated carbocycles. The maximum absolute atomic E-state index is 12.5. The SMILES string of the molecule is COc1ccc(CN[C@@H](C(=O)NC(C)C)c2ccccc2)cc1. The van der Waals surface area contributed by atoms with Crippen LogP contribution in [-0.4, -0.2) is 19.1 Å². The standard InChI is InChI=1S/C19H24N2O2/c1-14(2)21-19(22)18(16-7-5-4-6-8-16)20-13-15-9-11-17(23-3)12-10-15/h4-12,14,18,20H,13H2,1-3H3,(H,21,22)/t18-/m1/s1. The molecule has 2 aromatic carbocycles. The Labute approximate surface area is 137 Å². The Kier molecular flexibility index (Phi) is 6.18. The van der Waals surface area contributed by atoms with Crippen LogP contribution in [0.4, 0.5) is 0 Å². The van der Waals surface area contributed by atoms with Crippen LogP contribution in [0.5, 0.6) is 5.75 Å². The minimum Gasteiger partial charge on any atom is -0.497 e. The number of benzene rings is 2. The van der Waals surface area contributed by atoms with Crippen LogP contribution in [0.3, 0.4) is 0 Å². The van der Waals surface area contributed by atoms with Gasteiger partial charge in [0, 0.05) is 12.6 Å². The monoisotopic (exact) mass is 312 g/mol. The number of amides is 1. The van der Waals surface area contributed by atoms with Gasteiger partial charge in [0.25, 0.3) is 0 Å². The predicted octanol–water partition coefficient (Wildman–Crippen LogP) is 3.05. The van der Waals surface area contributed by atoms with Crippen molar-refractivity contribution in [2.75, 3.05) is 7.11 Å². The zero-order chi connectivity index (χ0) is 16.7. The van der Waals surface area contributed by atoms with Crippen LogP contribution in [0.1, 0.15) is 31.0 Å². The van der Waals surface area contributed by atoms with Gasteiger partial charge in [-0.15, -0.1) is 0 Å². The lowest BCUT2D eigenvalue weighted by atomic mass is 10.1. The van der Waals surface area contributed by atoms with Gasteiger partial charge in [-0.05, 0) is 37.1 Å². The van der Waals surface area contributed by atoms with Crippen LogP contribution < -0.4 is 15.4 Å². The molecule has 4 heteroatoms. The van der Waals surface area contributed by atoms with Gasteiger partial charge in [-0.1, -0.05) is 42.5 Å². The van der Waals surface area contributed by atoms with Gasteiger partial charge in [-0.2, -0.15) is 0 Å². The first-order valence-corrected chi connectivity index (χ1v) is 7.82. The van der Waals surface area contributed by atoms with Gasteiger partial charge in [0.05, 0.1) is 7.11 Å². The van der Waals surface area contributed by atoms with E-state index in [4.69, 9.17) is 4.74 Å². The van der Waals surface area contributed by atoms with Crippen molar-refractivity contribution in [3.8, 4) is 5.75 Å². The highest BCUT2D eigenvalue weighted by atomic mass is 16.5. The number of nitrogens with one attached hydrogen (secondary N) is 2. The fraction of sp³-hybridized carbons (Fsp3) is 0.316. The molecule has 2 rings (SSSR count). The quantitative estimate of drug-likeness (QED) is 0.826. The fourth-order valence-corrected chi connectivity index (χ4v) is 2.34. The van der Waals surface area contributed by atoms with Gasteiger partial charge >= 0.3 is 0 Å². The van der Waals surface area contributed by atoms with E-state index < -0.39 is 0 Å². The average Bonchev–Trinajstić information content (AvgIpc) is 2.56. The van der Waals surface area contributed by atoms with Gasteiger partial charge in [-0.3, -0.25) is 10.1 Å². The largest absolute Gasteiger partial charge is 0.497 e. The third-order valence-corrected chi connectivity index (χ3v) is 3.50. The molecule has 122 valence electrons. The first kappa shape index (κ1) is 17.0. The third kappa shape index (κ3) is 5.11. The zero-order valence-corrected chi connectivity index (χ0v) is 13.9. The second kappa shape index (κ2) is 8.34. The molecule has 0 aliphatic heterocycles. The molecule has 2 N–H and O–H groups in total. The smallest absolute Gasteiger partial charge is 0.241 e. The molecule has 0 unspecified atom stereocenters. The molecule has 0 radical (unpaired) electrons. The molecule has 4 nitrogen and oxygen atoms in total. The van der Waals surface area contributed by atoms with Crippen LogP contribution in [0.15, 0.2) is 54.6 Å². The first-order valence-electron chi connectivity index (χ1n) is 7.82. The number of ether oxygens (including phenoxy) is 1. The Morgan fingerprint density at radius 3 is 2.26 bits per heavy atom. The summed E-state index contributed by atoms with van der Waals surface area (Å²) in [4.78, 5) is 12.5. The molecule has 0 heterocycles.